The topological polar surface area (TPSA) is 57.7 Å². The molecular weight excluding hydrogens is 336 g/mol. The van der Waals surface area contributed by atoms with Gasteiger partial charge in [-0.15, -0.1) is 0 Å². The molecule has 25 heavy (non-hydrogen) atoms. The summed E-state index contributed by atoms with van der Waals surface area (Å²) in [5.41, 5.74) is 1.25. The molecule has 2 aliphatic heterocycles. The second-order valence-corrected chi connectivity index (χ2v) is 10.1. The molecule has 1 amide bonds. The number of sulfone groups is 1. The Morgan fingerprint density at radius 3 is 2.60 bits per heavy atom. The maximum Gasteiger partial charge on any atom is 0.222 e. The number of amides is 1. The fourth-order valence-electron chi connectivity index (χ4n) is 3.97. The minimum absolute atomic E-state index is 0. The molecule has 2 aliphatic rings. The molecule has 2 saturated heterocycles. The number of carbonyl (C=O) groups excluding carboxylic acids is 1. The summed E-state index contributed by atoms with van der Waals surface area (Å²) in [4.78, 5) is 16.8. The number of fused-ring (bicyclic) bond motifs is 1. The highest BCUT2D eigenvalue weighted by Crippen LogP contribution is 2.35. The fraction of sp³-hybridized carbons (Fsp3) is 0.842. The van der Waals surface area contributed by atoms with Gasteiger partial charge in [-0.1, -0.05) is 27.9 Å². The van der Waals surface area contributed by atoms with E-state index in [4.69, 9.17) is 0 Å². The highest BCUT2D eigenvalue weighted by Gasteiger charge is 2.38. The lowest BCUT2D eigenvalue weighted by Gasteiger charge is -2.49. The summed E-state index contributed by atoms with van der Waals surface area (Å²) in [6, 6.07) is 0.508. The van der Waals surface area contributed by atoms with E-state index >= 15 is 0 Å². The zero-order valence-corrected chi connectivity index (χ0v) is 16.1. The minimum atomic E-state index is -2.98. The van der Waals surface area contributed by atoms with E-state index in [2.05, 4.69) is 25.3 Å². The summed E-state index contributed by atoms with van der Waals surface area (Å²) < 4.78 is 22.4. The van der Waals surface area contributed by atoms with Crippen molar-refractivity contribution in [1.29, 1.82) is 0 Å². The molecule has 6 heteroatoms. The predicted molar refractivity (Wildman–Crippen MR) is 104 cm³/mol. The molecule has 146 valence electrons. The van der Waals surface area contributed by atoms with Crippen LogP contribution in [0.1, 0.15) is 53.4 Å². The van der Waals surface area contributed by atoms with Gasteiger partial charge in [0.15, 0.2) is 0 Å². The van der Waals surface area contributed by atoms with Crippen molar-refractivity contribution in [2.75, 3.05) is 31.6 Å². The standard InChI is InChI=1S/C18H32N2O3S.CH4/c1-14(2)12-20-15(3)7-8-16-13-19(10-9-17(16)20)18(21)6-5-11-24(4,22)23;/h14,16-17H,3,5-13H2,1-2,4H3;1H4/t16-,17+;/m1./s1. The maximum absolute atomic E-state index is 12.4. The molecule has 0 saturated carbocycles. The van der Waals surface area contributed by atoms with Crippen molar-refractivity contribution in [2.24, 2.45) is 11.8 Å². The number of rotatable bonds is 6. The van der Waals surface area contributed by atoms with Crippen molar-refractivity contribution in [2.45, 2.75) is 59.4 Å². The molecule has 5 nitrogen and oxygen atoms in total. The summed E-state index contributed by atoms with van der Waals surface area (Å²) in [7, 11) is -2.98. The maximum atomic E-state index is 12.4. The van der Waals surface area contributed by atoms with Gasteiger partial charge in [-0.05, 0) is 37.5 Å². The summed E-state index contributed by atoms with van der Waals surface area (Å²) >= 11 is 0. The van der Waals surface area contributed by atoms with Crippen LogP contribution in [0.2, 0.25) is 0 Å². The Morgan fingerprint density at radius 2 is 2.00 bits per heavy atom. The van der Waals surface area contributed by atoms with Gasteiger partial charge in [0, 0.05) is 44.0 Å². The Labute approximate surface area is 154 Å². The zero-order chi connectivity index (χ0) is 17.9. The number of carbonyl (C=O) groups is 1. The Balaban J connectivity index is 0.00000312. The van der Waals surface area contributed by atoms with E-state index in [1.54, 1.807) is 0 Å². The molecule has 0 aromatic carbocycles. The average Bonchev–Trinajstić information content (AvgIpc) is 2.48. The molecule has 0 bridgehead atoms. The molecule has 0 spiro atoms. The predicted octanol–water partition coefficient (Wildman–Crippen LogP) is 2.93. The first-order chi connectivity index (χ1) is 11.2. The molecule has 0 aliphatic carbocycles. The first kappa shape index (κ1) is 22.0. The average molecular weight is 373 g/mol. The van der Waals surface area contributed by atoms with E-state index in [1.807, 2.05) is 4.90 Å². The smallest absolute Gasteiger partial charge is 0.222 e. The number of piperidine rings is 2. The van der Waals surface area contributed by atoms with Crippen LogP contribution in [0.4, 0.5) is 0 Å². The number of hydrogen-bond acceptors (Lipinski definition) is 4. The van der Waals surface area contributed by atoms with Crippen LogP contribution in [0.5, 0.6) is 0 Å². The van der Waals surface area contributed by atoms with E-state index in [0.717, 1.165) is 38.9 Å². The van der Waals surface area contributed by atoms with Crippen LogP contribution in [0.25, 0.3) is 0 Å². The van der Waals surface area contributed by atoms with Crippen molar-refractivity contribution in [1.82, 2.24) is 9.80 Å². The van der Waals surface area contributed by atoms with Crippen LogP contribution in [0, 0.1) is 11.8 Å². The van der Waals surface area contributed by atoms with Gasteiger partial charge >= 0.3 is 0 Å². The third-order valence-electron chi connectivity index (χ3n) is 5.12. The lowest BCUT2D eigenvalue weighted by molar-refractivity contribution is -0.134. The molecule has 2 rings (SSSR count). The lowest BCUT2D eigenvalue weighted by atomic mass is 9.82. The zero-order valence-electron chi connectivity index (χ0n) is 15.3. The molecule has 2 fully saturated rings. The van der Waals surface area contributed by atoms with E-state index < -0.39 is 9.84 Å². The second kappa shape index (κ2) is 9.06. The van der Waals surface area contributed by atoms with E-state index in [9.17, 15) is 13.2 Å². The summed E-state index contributed by atoms with van der Waals surface area (Å²) in [6.07, 6.45) is 5.11. The second-order valence-electron chi connectivity index (χ2n) is 7.84. The van der Waals surface area contributed by atoms with Crippen LogP contribution in [-0.4, -0.2) is 61.8 Å². The third kappa shape index (κ3) is 6.32. The Morgan fingerprint density at radius 1 is 1.32 bits per heavy atom. The molecule has 0 N–H and O–H groups in total. The molecule has 0 aromatic heterocycles. The summed E-state index contributed by atoms with van der Waals surface area (Å²) in [5.74, 6) is 1.33. The van der Waals surface area contributed by atoms with Crippen molar-refractivity contribution < 1.29 is 13.2 Å². The number of allylic oxidation sites excluding steroid dienone is 1. The van der Waals surface area contributed by atoms with Crippen LogP contribution in [-0.2, 0) is 14.6 Å². The van der Waals surface area contributed by atoms with E-state index in [1.165, 1.54) is 12.0 Å². The monoisotopic (exact) mass is 372 g/mol. The summed E-state index contributed by atoms with van der Waals surface area (Å²) in [6.45, 7) is 11.3. The van der Waals surface area contributed by atoms with Crippen molar-refractivity contribution >= 4 is 15.7 Å². The lowest BCUT2D eigenvalue weighted by Crippen LogP contribution is -2.54. The van der Waals surface area contributed by atoms with Crippen LogP contribution >= 0.6 is 0 Å². The molecule has 2 atom stereocenters. The van der Waals surface area contributed by atoms with Crippen LogP contribution in [0.15, 0.2) is 12.3 Å². The van der Waals surface area contributed by atoms with Crippen LogP contribution in [0.3, 0.4) is 0 Å². The van der Waals surface area contributed by atoms with Gasteiger partial charge < -0.3 is 9.80 Å². The van der Waals surface area contributed by atoms with Gasteiger partial charge in [0.25, 0.3) is 0 Å². The van der Waals surface area contributed by atoms with Crippen molar-refractivity contribution in [3.05, 3.63) is 12.3 Å². The number of hydrogen-bond donors (Lipinski definition) is 0. The Hall–Kier alpha value is -1.04. The van der Waals surface area contributed by atoms with Gasteiger partial charge in [-0.3, -0.25) is 4.79 Å². The molecular formula is C19H36N2O3S. The van der Waals surface area contributed by atoms with Crippen molar-refractivity contribution in [3.8, 4) is 0 Å². The SMILES string of the molecule is C.C=C1CC[C@@H]2CN(C(=O)CCCS(C)(=O)=O)CC[C@@H]2N1CC(C)C. The first-order valence-electron chi connectivity index (χ1n) is 9.07. The Bertz CT molecular complexity index is 571. The van der Waals surface area contributed by atoms with E-state index in [0.29, 0.717) is 30.7 Å². The summed E-state index contributed by atoms with van der Waals surface area (Å²) in [5, 5.41) is 0. The molecule has 0 aromatic rings. The molecule has 0 unspecified atom stereocenters. The van der Waals surface area contributed by atoms with Crippen LogP contribution < -0.4 is 0 Å². The normalized spacial score (nSPS) is 24.1. The highest BCUT2D eigenvalue weighted by molar-refractivity contribution is 7.90. The third-order valence-corrected chi connectivity index (χ3v) is 6.15. The number of nitrogens with zero attached hydrogens (tertiary/aromatic N) is 2. The van der Waals surface area contributed by atoms with Gasteiger partial charge in [0.1, 0.15) is 9.84 Å². The van der Waals surface area contributed by atoms with Gasteiger partial charge in [-0.25, -0.2) is 8.42 Å². The largest absolute Gasteiger partial charge is 0.372 e. The fourth-order valence-corrected chi connectivity index (χ4v) is 4.64. The quantitative estimate of drug-likeness (QED) is 0.719. The van der Waals surface area contributed by atoms with Gasteiger partial charge in [0.05, 0.1) is 5.75 Å². The van der Waals surface area contributed by atoms with Gasteiger partial charge in [-0.2, -0.15) is 0 Å². The van der Waals surface area contributed by atoms with E-state index in [-0.39, 0.29) is 19.1 Å². The molecule has 0 radical (unpaired) electrons. The number of likely N-dealkylation sites (tertiary alicyclic amines) is 2. The minimum Gasteiger partial charge on any atom is -0.372 e. The Kier molecular flexibility index (Phi) is 7.97. The van der Waals surface area contributed by atoms with Crippen molar-refractivity contribution in [3.63, 3.8) is 0 Å². The molecule has 2 heterocycles. The highest BCUT2D eigenvalue weighted by atomic mass is 32.2. The first-order valence-corrected chi connectivity index (χ1v) is 11.1. The van der Waals surface area contributed by atoms with Gasteiger partial charge in [0.2, 0.25) is 5.91 Å².